The molecule has 9 heteroatoms. The van der Waals surface area contributed by atoms with Crippen LogP contribution in [0.5, 0.6) is 0 Å². The first-order chi connectivity index (χ1) is 12.0. The van der Waals surface area contributed by atoms with E-state index in [9.17, 15) is 19.2 Å². The Balaban J connectivity index is 5.35. The maximum absolute atomic E-state index is 12.1. The van der Waals surface area contributed by atoms with Gasteiger partial charge in [0.1, 0.15) is 18.1 Å². The van der Waals surface area contributed by atoms with Gasteiger partial charge < -0.3 is 26.8 Å². The van der Waals surface area contributed by atoms with E-state index in [0.29, 0.717) is 0 Å². The van der Waals surface area contributed by atoms with Crippen molar-refractivity contribution in [1.82, 2.24) is 16.0 Å². The van der Waals surface area contributed by atoms with Crippen LogP contribution in [0.15, 0.2) is 0 Å². The molecule has 0 aliphatic carbocycles. The Kier molecular flexibility index (Phi) is 4.12. The summed E-state index contributed by atoms with van der Waals surface area (Å²) in [5.41, 5.74) is 5.32. The first-order valence-corrected chi connectivity index (χ1v) is 5.88. The molecule has 0 aliphatic heterocycles. The van der Waals surface area contributed by atoms with E-state index in [4.69, 9.17) is 19.1 Å². The average Bonchev–Trinajstić information content (AvgIpc) is 2.46. The molecule has 0 saturated carbocycles. The molecule has 0 rings (SSSR count). The highest BCUT2D eigenvalue weighted by atomic mass is 16.4. The number of aliphatic carboxylic acids is 1. The van der Waals surface area contributed by atoms with Crippen LogP contribution in [0.2, 0.25) is 0 Å². The summed E-state index contributed by atoms with van der Waals surface area (Å²) in [7, 11) is 0. The number of carboxylic acids is 1. The number of carbonyl (C=O) groups is 4. The van der Waals surface area contributed by atoms with Gasteiger partial charge in [0, 0.05) is 8.22 Å². The van der Waals surface area contributed by atoms with Gasteiger partial charge in [-0.25, -0.2) is 0 Å². The van der Waals surface area contributed by atoms with Gasteiger partial charge in [0.2, 0.25) is 17.7 Å². The van der Waals surface area contributed by atoms with E-state index in [1.807, 2.05) is 5.32 Å². The molecule has 3 amide bonds. The lowest BCUT2D eigenvalue weighted by molar-refractivity contribution is -0.141. The zero-order valence-electron chi connectivity index (χ0n) is 17.5. The van der Waals surface area contributed by atoms with Crippen LogP contribution >= 0.6 is 0 Å². The van der Waals surface area contributed by atoms with E-state index in [0.717, 1.165) is 0 Å². The number of hydrogen-bond acceptors (Lipinski definition) is 5. The molecule has 0 saturated heterocycles. The monoisotopic (exact) mass is 308 g/mol. The minimum absolute atomic E-state index is 0.708. The highest BCUT2D eigenvalue weighted by molar-refractivity contribution is 5.93. The van der Waals surface area contributed by atoms with Crippen molar-refractivity contribution in [1.29, 1.82) is 0 Å². The van der Waals surface area contributed by atoms with Crippen molar-refractivity contribution in [3.63, 3.8) is 0 Å². The molecule has 21 heavy (non-hydrogen) atoms. The topological polar surface area (TPSA) is 151 Å². The van der Waals surface area contributed by atoms with Gasteiger partial charge in [-0.05, 0) is 27.6 Å². The lowest BCUT2D eigenvalue weighted by Gasteiger charge is -2.19. The fourth-order valence-corrected chi connectivity index (χ4v) is 1.03. The third-order valence-corrected chi connectivity index (χ3v) is 2.25. The van der Waals surface area contributed by atoms with Crippen LogP contribution in [0, 0.1) is 0 Å². The normalized spacial score (nSPS) is 21.5. The molecular weight excluding hydrogens is 280 g/mol. The standard InChI is InChI=1S/C12H22N4O5/c1-5(13)9(17)14-6(2)10(18)15-7(3)11(19)16-8(4)12(20)21/h5-8H,13H2,1-4H3,(H,14,17)(H,15,18)(H,16,19)(H,20,21)/t5-,6-,7-,8-/m0/s1/i3D3,4D3. The number of rotatable bonds is 7. The first-order valence-electron chi connectivity index (χ1n) is 8.88. The highest BCUT2D eigenvalue weighted by Crippen LogP contribution is 1.91. The fraction of sp³-hybridized carbons (Fsp3) is 0.667. The summed E-state index contributed by atoms with van der Waals surface area (Å²) >= 11 is 0. The molecule has 0 unspecified atom stereocenters. The summed E-state index contributed by atoms with van der Waals surface area (Å²) in [5, 5.41) is 14.5. The maximum Gasteiger partial charge on any atom is 0.325 e. The molecule has 0 aromatic carbocycles. The predicted octanol–water partition coefficient (Wildman–Crippen LogP) is -2.07. The minimum atomic E-state index is -3.15. The average molecular weight is 308 g/mol. The molecule has 0 radical (unpaired) electrons. The summed E-state index contributed by atoms with van der Waals surface area (Å²) in [6, 6.07) is -6.83. The Hall–Kier alpha value is -2.16. The van der Waals surface area contributed by atoms with Crippen LogP contribution in [0.4, 0.5) is 0 Å². The first kappa shape index (κ1) is 10.6. The lowest BCUT2D eigenvalue weighted by atomic mass is 10.2. The summed E-state index contributed by atoms with van der Waals surface area (Å²) in [6.45, 7) is -3.72. The Morgan fingerprint density at radius 2 is 1.33 bits per heavy atom. The van der Waals surface area contributed by atoms with Crippen molar-refractivity contribution < 1.29 is 32.5 Å². The van der Waals surface area contributed by atoms with Gasteiger partial charge in [0.15, 0.2) is 0 Å². The number of nitrogens with two attached hydrogens (primary N) is 1. The zero-order chi connectivity index (χ0) is 21.7. The molecule has 0 aromatic heterocycles. The molecule has 0 heterocycles. The molecular formula is C12H22N4O5. The summed E-state index contributed by atoms with van der Waals surface area (Å²) < 4.78 is 43.3. The van der Waals surface area contributed by atoms with Crippen molar-refractivity contribution in [3.05, 3.63) is 0 Å². The van der Waals surface area contributed by atoms with Gasteiger partial charge >= 0.3 is 5.97 Å². The Morgan fingerprint density at radius 3 is 1.76 bits per heavy atom. The third kappa shape index (κ3) is 6.70. The van der Waals surface area contributed by atoms with Crippen LogP contribution in [0.3, 0.4) is 0 Å². The van der Waals surface area contributed by atoms with Crippen molar-refractivity contribution >= 4 is 23.7 Å². The molecule has 0 aromatic rings. The third-order valence-electron chi connectivity index (χ3n) is 2.25. The second-order valence-electron chi connectivity index (χ2n) is 4.24. The van der Waals surface area contributed by atoms with Crippen molar-refractivity contribution in [2.75, 3.05) is 0 Å². The van der Waals surface area contributed by atoms with Gasteiger partial charge in [-0.2, -0.15) is 0 Å². The van der Waals surface area contributed by atoms with Crippen molar-refractivity contribution in [2.24, 2.45) is 5.73 Å². The quantitative estimate of drug-likeness (QED) is 0.364. The van der Waals surface area contributed by atoms with Crippen LogP contribution in [-0.4, -0.2) is 53.0 Å². The van der Waals surface area contributed by atoms with Gasteiger partial charge in [0.05, 0.1) is 6.04 Å². The van der Waals surface area contributed by atoms with E-state index in [1.54, 1.807) is 5.32 Å². The minimum Gasteiger partial charge on any atom is -0.480 e. The fourth-order valence-electron chi connectivity index (χ4n) is 1.03. The summed E-state index contributed by atoms with van der Waals surface area (Å²) in [4.78, 5) is 46.7. The van der Waals surface area contributed by atoms with E-state index >= 15 is 0 Å². The van der Waals surface area contributed by atoms with Crippen LogP contribution < -0.4 is 21.7 Å². The number of amides is 3. The SMILES string of the molecule is [2H]C([2H])([2H])[C@H](NC(=O)[C@@H](NC(=O)[C@H](C)NC(=O)[C@H](C)N)C([2H])([2H])[2H])C(=O)O. The largest absolute Gasteiger partial charge is 0.480 e. The van der Waals surface area contributed by atoms with Gasteiger partial charge in [-0.15, -0.1) is 0 Å². The number of hydrogen-bond donors (Lipinski definition) is 5. The number of carboxylic acid groups (broad SMARTS) is 1. The molecule has 9 nitrogen and oxygen atoms in total. The summed E-state index contributed by atoms with van der Waals surface area (Å²) in [5.74, 6) is -5.21. The van der Waals surface area contributed by atoms with Crippen LogP contribution in [0.1, 0.15) is 35.8 Å². The van der Waals surface area contributed by atoms with Crippen LogP contribution in [0.25, 0.3) is 0 Å². The Bertz CT molecular complexity index is 592. The molecule has 4 atom stereocenters. The van der Waals surface area contributed by atoms with E-state index < -0.39 is 61.6 Å². The van der Waals surface area contributed by atoms with Crippen LogP contribution in [-0.2, 0) is 19.2 Å². The predicted molar refractivity (Wildman–Crippen MR) is 74.1 cm³/mol. The van der Waals surface area contributed by atoms with Gasteiger partial charge in [-0.1, -0.05) is 0 Å². The number of carbonyl (C=O) groups excluding carboxylic acids is 3. The Morgan fingerprint density at radius 1 is 0.905 bits per heavy atom. The molecule has 0 fully saturated rings. The second kappa shape index (κ2) is 8.20. The summed E-state index contributed by atoms with van der Waals surface area (Å²) in [6.07, 6.45) is 0. The smallest absolute Gasteiger partial charge is 0.325 e. The van der Waals surface area contributed by atoms with Crippen molar-refractivity contribution in [3.8, 4) is 0 Å². The van der Waals surface area contributed by atoms with E-state index in [-0.39, 0.29) is 0 Å². The molecule has 120 valence electrons. The maximum atomic E-state index is 12.1. The van der Waals surface area contributed by atoms with E-state index in [1.165, 1.54) is 13.8 Å². The molecule has 6 N–H and O–H groups in total. The Labute approximate surface area is 131 Å². The molecule has 0 spiro atoms. The van der Waals surface area contributed by atoms with Gasteiger partial charge in [-0.3, -0.25) is 19.2 Å². The zero-order valence-corrected chi connectivity index (χ0v) is 11.5. The molecule has 0 aliphatic rings. The second-order valence-corrected chi connectivity index (χ2v) is 4.24. The van der Waals surface area contributed by atoms with Gasteiger partial charge in [0.25, 0.3) is 0 Å². The van der Waals surface area contributed by atoms with Crippen molar-refractivity contribution in [2.45, 2.75) is 51.7 Å². The highest BCUT2D eigenvalue weighted by Gasteiger charge is 2.23. The number of nitrogens with one attached hydrogen (secondary N) is 3. The molecule has 0 bridgehead atoms. The lowest BCUT2D eigenvalue weighted by Crippen LogP contribution is -2.54. The van der Waals surface area contributed by atoms with E-state index in [2.05, 4.69) is 5.32 Å².